The van der Waals surface area contributed by atoms with E-state index in [-0.39, 0.29) is 6.10 Å². The van der Waals surface area contributed by atoms with Gasteiger partial charge in [-0.15, -0.1) is 6.58 Å². The summed E-state index contributed by atoms with van der Waals surface area (Å²) >= 11 is 0. The summed E-state index contributed by atoms with van der Waals surface area (Å²) < 4.78 is 5.49. The molecule has 0 aliphatic rings. The highest BCUT2D eigenvalue weighted by Crippen LogP contribution is 2.11. The van der Waals surface area contributed by atoms with Gasteiger partial charge in [-0.3, -0.25) is 0 Å². The van der Waals surface area contributed by atoms with E-state index in [1.54, 1.807) is 0 Å². The van der Waals surface area contributed by atoms with Crippen molar-refractivity contribution in [2.75, 3.05) is 6.61 Å². The molecule has 0 bridgehead atoms. The van der Waals surface area contributed by atoms with Gasteiger partial charge in [-0.1, -0.05) is 31.8 Å². The quantitative estimate of drug-likeness (QED) is 0.351. The fourth-order valence-corrected chi connectivity index (χ4v) is 2.14. The lowest BCUT2D eigenvalue weighted by molar-refractivity contribution is 0.0981. The Labute approximate surface area is 77.8 Å². The summed E-state index contributed by atoms with van der Waals surface area (Å²) in [4.78, 5) is 0. The molecular formula is C10H22OSi. The number of hydrogen-bond donors (Lipinski definition) is 0. The van der Waals surface area contributed by atoms with Crippen molar-refractivity contribution in [3.63, 3.8) is 0 Å². The van der Waals surface area contributed by atoms with Gasteiger partial charge in [-0.05, 0) is 13.3 Å². The molecule has 2 heteroatoms. The molecule has 12 heavy (non-hydrogen) atoms. The van der Waals surface area contributed by atoms with Gasteiger partial charge in [-0.25, -0.2) is 0 Å². The molecule has 0 aliphatic heterocycles. The van der Waals surface area contributed by atoms with Crippen LogP contribution in [-0.2, 0) is 4.74 Å². The molecule has 0 saturated carbocycles. The molecule has 1 atom stereocenters. The molecule has 0 spiro atoms. The first-order chi connectivity index (χ1) is 5.45. The van der Waals surface area contributed by atoms with Crippen LogP contribution in [0.2, 0.25) is 25.7 Å². The van der Waals surface area contributed by atoms with E-state index in [1.165, 1.54) is 12.5 Å². The Bertz CT molecular complexity index is 126. The van der Waals surface area contributed by atoms with Gasteiger partial charge in [0.15, 0.2) is 0 Å². The predicted molar refractivity (Wildman–Crippen MR) is 58.4 cm³/mol. The van der Waals surface area contributed by atoms with E-state index in [1.807, 2.05) is 13.0 Å². The van der Waals surface area contributed by atoms with Crippen LogP contribution in [-0.4, -0.2) is 20.8 Å². The molecule has 0 amide bonds. The van der Waals surface area contributed by atoms with Gasteiger partial charge >= 0.3 is 0 Å². The van der Waals surface area contributed by atoms with E-state index < -0.39 is 8.07 Å². The first kappa shape index (κ1) is 11.9. The van der Waals surface area contributed by atoms with Gasteiger partial charge in [0.05, 0.1) is 6.10 Å². The van der Waals surface area contributed by atoms with Crippen molar-refractivity contribution in [1.29, 1.82) is 0 Å². The van der Waals surface area contributed by atoms with Crippen LogP contribution in [0.15, 0.2) is 12.7 Å². The summed E-state index contributed by atoms with van der Waals surface area (Å²) in [6.45, 7) is 13.8. The Hall–Kier alpha value is -0.0831. The third-order valence-electron chi connectivity index (χ3n) is 1.78. The maximum absolute atomic E-state index is 5.49. The molecule has 1 unspecified atom stereocenters. The van der Waals surface area contributed by atoms with E-state index in [0.717, 1.165) is 6.61 Å². The van der Waals surface area contributed by atoms with Crippen LogP contribution >= 0.6 is 0 Å². The van der Waals surface area contributed by atoms with Crippen molar-refractivity contribution >= 4 is 8.07 Å². The zero-order chi connectivity index (χ0) is 9.61. The minimum atomic E-state index is -0.845. The summed E-state index contributed by atoms with van der Waals surface area (Å²) in [7, 11) is -0.845. The molecule has 0 heterocycles. The van der Waals surface area contributed by atoms with Crippen molar-refractivity contribution < 1.29 is 4.74 Å². The minimum absolute atomic E-state index is 0.214. The van der Waals surface area contributed by atoms with Gasteiger partial charge in [0, 0.05) is 14.7 Å². The second kappa shape index (κ2) is 5.54. The maximum atomic E-state index is 5.49. The van der Waals surface area contributed by atoms with Crippen LogP contribution in [0.1, 0.15) is 13.3 Å². The van der Waals surface area contributed by atoms with Crippen LogP contribution in [0.3, 0.4) is 0 Å². The largest absolute Gasteiger partial charge is 0.374 e. The normalized spacial score (nSPS) is 14.3. The number of rotatable bonds is 6. The Morgan fingerprint density at radius 1 is 1.42 bits per heavy atom. The van der Waals surface area contributed by atoms with Crippen LogP contribution in [0.25, 0.3) is 0 Å². The Balaban J connectivity index is 3.27. The highest BCUT2D eigenvalue weighted by atomic mass is 28.3. The van der Waals surface area contributed by atoms with Crippen LogP contribution in [0.4, 0.5) is 0 Å². The molecular weight excluding hydrogens is 164 g/mol. The summed E-state index contributed by atoms with van der Waals surface area (Å²) in [5, 5.41) is 0. The third-order valence-corrected chi connectivity index (χ3v) is 3.64. The van der Waals surface area contributed by atoms with E-state index in [0.29, 0.717) is 0 Å². The van der Waals surface area contributed by atoms with E-state index in [4.69, 9.17) is 4.74 Å². The molecule has 1 nitrogen and oxygen atoms in total. The molecule has 0 fully saturated rings. The lowest BCUT2D eigenvalue weighted by Crippen LogP contribution is -2.20. The second-order valence-electron chi connectivity index (χ2n) is 4.48. The highest BCUT2D eigenvalue weighted by Gasteiger charge is 2.11. The number of ether oxygens (including phenoxy) is 1. The standard InChI is InChI=1S/C10H22OSi/c1-6-10(2)11-8-7-9-12(3,4)5/h6,10H,1,7-9H2,2-5H3. The maximum Gasteiger partial charge on any atom is 0.0725 e. The third kappa shape index (κ3) is 8.02. The molecule has 0 aromatic carbocycles. The summed E-state index contributed by atoms with van der Waals surface area (Å²) in [5.74, 6) is 0. The fraction of sp³-hybridized carbons (Fsp3) is 0.800. The zero-order valence-corrected chi connectivity index (χ0v) is 9.89. The van der Waals surface area contributed by atoms with Crippen molar-refractivity contribution in [2.24, 2.45) is 0 Å². The highest BCUT2D eigenvalue weighted by molar-refractivity contribution is 6.76. The topological polar surface area (TPSA) is 9.23 Å². The van der Waals surface area contributed by atoms with Crippen molar-refractivity contribution in [2.45, 2.75) is 45.1 Å². The first-order valence-electron chi connectivity index (χ1n) is 4.70. The Morgan fingerprint density at radius 2 is 2.00 bits per heavy atom. The van der Waals surface area contributed by atoms with Gasteiger partial charge < -0.3 is 4.74 Å². The van der Waals surface area contributed by atoms with Gasteiger partial charge in [-0.2, -0.15) is 0 Å². The molecule has 0 aliphatic carbocycles. The van der Waals surface area contributed by atoms with Crippen molar-refractivity contribution in [1.82, 2.24) is 0 Å². The smallest absolute Gasteiger partial charge is 0.0725 e. The van der Waals surface area contributed by atoms with E-state index in [2.05, 4.69) is 26.2 Å². The lowest BCUT2D eigenvalue weighted by Gasteiger charge is -2.16. The summed E-state index contributed by atoms with van der Waals surface area (Å²) in [6.07, 6.45) is 3.26. The Kier molecular flexibility index (Phi) is 5.50. The molecule has 72 valence electrons. The van der Waals surface area contributed by atoms with E-state index in [9.17, 15) is 0 Å². The predicted octanol–water partition coefficient (Wildman–Crippen LogP) is 3.31. The van der Waals surface area contributed by atoms with Crippen molar-refractivity contribution in [3.05, 3.63) is 12.7 Å². The Morgan fingerprint density at radius 3 is 2.42 bits per heavy atom. The monoisotopic (exact) mass is 186 g/mol. The SMILES string of the molecule is C=CC(C)OCCC[Si](C)(C)C. The van der Waals surface area contributed by atoms with Crippen molar-refractivity contribution in [3.8, 4) is 0 Å². The summed E-state index contributed by atoms with van der Waals surface area (Å²) in [5.41, 5.74) is 0. The molecule has 0 saturated heterocycles. The molecule has 0 rings (SSSR count). The van der Waals surface area contributed by atoms with Gasteiger partial charge in [0.1, 0.15) is 0 Å². The number of hydrogen-bond acceptors (Lipinski definition) is 1. The van der Waals surface area contributed by atoms with Gasteiger partial charge in [0.2, 0.25) is 0 Å². The first-order valence-corrected chi connectivity index (χ1v) is 8.40. The lowest BCUT2D eigenvalue weighted by atomic mass is 10.4. The van der Waals surface area contributed by atoms with Gasteiger partial charge in [0.25, 0.3) is 0 Å². The van der Waals surface area contributed by atoms with Crippen LogP contribution < -0.4 is 0 Å². The summed E-state index contributed by atoms with van der Waals surface area (Å²) in [6, 6.07) is 1.36. The van der Waals surface area contributed by atoms with E-state index >= 15 is 0 Å². The minimum Gasteiger partial charge on any atom is -0.374 e. The van der Waals surface area contributed by atoms with Crippen LogP contribution in [0, 0.1) is 0 Å². The molecule has 0 N–H and O–H groups in total. The average Bonchev–Trinajstić information content (AvgIpc) is 1.96. The molecule has 0 aromatic heterocycles. The fourth-order valence-electron chi connectivity index (χ4n) is 0.940. The molecule has 0 aromatic rings. The second-order valence-corrected chi connectivity index (χ2v) is 10.1. The molecule has 0 radical (unpaired) electrons. The average molecular weight is 186 g/mol. The zero-order valence-electron chi connectivity index (χ0n) is 8.89. The van der Waals surface area contributed by atoms with Crippen LogP contribution in [0.5, 0.6) is 0 Å².